The first-order chi connectivity index (χ1) is 6.72. The van der Waals surface area contributed by atoms with Gasteiger partial charge in [0.15, 0.2) is 6.29 Å². The molecular formula is C11H14BrNO. The topological polar surface area (TPSA) is 20.3 Å². The second-order valence-electron chi connectivity index (χ2n) is 2.99. The van der Waals surface area contributed by atoms with Crippen LogP contribution in [-0.4, -0.2) is 19.4 Å². The highest BCUT2D eigenvalue weighted by molar-refractivity contribution is 9.10. The lowest BCUT2D eigenvalue weighted by Gasteiger charge is -2.22. The predicted octanol–water partition coefficient (Wildman–Crippen LogP) is 3.11. The van der Waals surface area contributed by atoms with Crippen LogP contribution in [0.3, 0.4) is 0 Å². The Hall–Kier alpha value is -0.830. The summed E-state index contributed by atoms with van der Waals surface area (Å²) < 4.78 is 1.00. The van der Waals surface area contributed by atoms with Crippen molar-refractivity contribution >= 4 is 27.9 Å². The van der Waals surface area contributed by atoms with E-state index in [2.05, 4.69) is 34.7 Å². The normalized spacial score (nSPS) is 9.93. The molecule has 0 aliphatic heterocycles. The summed E-state index contributed by atoms with van der Waals surface area (Å²) in [5.41, 5.74) is 1.75. The molecule has 0 aromatic heterocycles. The van der Waals surface area contributed by atoms with Gasteiger partial charge in [0.1, 0.15) is 0 Å². The fourth-order valence-electron chi connectivity index (χ4n) is 1.45. The molecule has 0 saturated heterocycles. The smallest absolute Gasteiger partial charge is 0.152 e. The molecule has 0 bridgehead atoms. The van der Waals surface area contributed by atoms with Gasteiger partial charge in [0.2, 0.25) is 0 Å². The Bertz CT molecular complexity index is 321. The summed E-state index contributed by atoms with van der Waals surface area (Å²) >= 11 is 3.41. The van der Waals surface area contributed by atoms with Gasteiger partial charge in [-0.25, -0.2) is 0 Å². The fourth-order valence-corrected chi connectivity index (χ4v) is 1.80. The molecule has 0 saturated carbocycles. The third-order valence-electron chi connectivity index (χ3n) is 2.22. The molecule has 76 valence electrons. The molecule has 0 spiro atoms. The molecule has 0 heterocycles. The molecule has 3 heteroatoms. The van der Waals surface area contributed by atoms with E-state index in [0.717, 1.165) is 35.1 Å². The van der Waals surface area contributed by atoms with Gasteiger partial charge in [-0.1, -0.05) is 15.9 Å². The van der Waals surface area contributed by atoms with E-state index in [1.807, 2.05) is 18.2 Å². The molecular weight excluding hydrogens is 242 g/mol. The van der Waals surface area contributed by atoms with E-state index in [4.69, 9.17) is 0 Å². The number of nitrogens with zero attached hydrogens (tertiary/aromatic N) is 1. The Morgan fingerprint density at radius 1 is 1.36 bits per heavy atom. The molecule has 0 aliphatic carbocycles. The van der Waals surface area contributed by atoms with Crippen molar-refractivity contribution in [2.45, 2.75) is 13.8 Å². The summed E-state index contributed by atoms with van der Waals surface area (Å²) in [4.78, 5) is 13.0. The lowest BCUT2D eigenvalue weighted by atomic mass is 10.2. The van der Waals surface area contributed by atoms with Gasteiger partial charge < -0.3 is 4.90 Å². The first-order valence-electron chi connectivity index (χ1n) is 4.72. The van der Waals surface area contributed by atoms with E-state index in [1.54, 1.807) is 0 Å². The Kier molecular flexibility index (Phi) is 4.14. The van der Waals surface area contributed by atoms with Gasteiger partial charge in [-0.05, 0) is 32.0 Å². The Balaban J connectivity index is 3.14. The lowest BCUT2D eigenvalue weighted by molar-refractivity contribution is 0.112. The van der Waals surface area contributed by atoms with Crippen LogP contribution in [0.15, 0.2) is 22.7 Å². The number of anilines is 1. The highest BCUT2D eigenvalue weighted by Crippen LogP contribution is 2.23. The number of hydrogen-bond donors (Lipinski definition) is 0. The standard InChI is InChI=1S/C11H14BrNO/c1-3-13(4-2)11-7-10(12)6-5-9(11)8-14/h5-8H,3-4H2,1-2H3. The molecule has 0 radical (unpaired) electrons. The predicted molar refractivity (Wildman–Crippen MR) is 63.1 cm³/mol. The third-order valence-corrected chi connectivity index (χ3v) is 2.72. The zero-order valence-corrected chi connectivity index (χ0v) is 10.0. The van der Waals surface area contributed by atoms with Crippen molar-refractivity contribution in [3.05, 3.63) is 28.2 Å². The van der Waals surface area contributed by atoms with Crippen LogP contribution in [0.25, 0.3) is 0 Å². The molecule has 1 rings (SSSR count). The summed E-state index contributed by atoms with van der Waals surface area (Å²) in [5, 5.41) is 0. The van der Waals surface area contributed by atoms with Crippen LogP contribution < -0.4 is 4.90 Å². The number of rotatable bonds is 4. The highest BCUT2D eigenvalue weighted by atomic mass is 79.9. The van der Waals surface area contributed by atoms with Crippen LogP contribution in [0.5, 0.6) is 0 Å². The molecule has 2 nitrogen and oxygen atoms in total. The Morgan fingerprint density at radius 3 is 2.50 bits per heavy atom. The number of hydrogen-bond acceptors (Lipinski definition) is 2. The second kappa shape index (κ2) is 5.15. The zero-order valence-electron chi connectivity index (χ0n) is 8.46. The summed E-state index contributed by atoms with van der Waals surface area (Å²) in [6, 6.07) is 5.71. The van der Waals surface area contributed by atoms with E-state index in [-0.39, 0.29) is 0 Å². The van der Waals surface area contributed by atoms with E-state index < -0.39 is 0 Å². The van der Waals surface area contributed by atoms with Crippen LogP contribution >= 0.6 is 15.9 Å². The molecule has 0 amide bonds. The van der Waals surface area contributed by atoms with Gasteiger partial charge in [-0.15, -0.1) is 0 Å². The quantitative estimate of drug-likeness (QED) is 0.771. The average molecular weight is 256 g/mol. The second-order valence-corrected chi connectivity index (χ2v) is 3.91. The lowest BCUT2D eigenvalue weighted by Crippen LogP contribution is -2.23. The van der Waals surface area contributed by atoms with Crippen LogP contribution in [0.1, 0.15) is 24.2 Å². The number of halogens is 1. The fraction of sp³-hybridized carbons (Fsp3) is 0.364. The van der Waals surface area contributed by atoms with E-state index in [1.165, 1.54) is 0 Å². The van der Waals surface area contributed by atoms with Crippen LogP contribution in [0.2, 0.25) is 0 Å². The van der Waals surface area contributed by atoms with Gasteiger partial charge in [0.05, 0.1) is 0 Å². The van der Waals surface area contributed by atoms with Crippen molar-refractivity contribution < 1.29 is 4.79 Å². The van der Waals surface area contributed by atoms with Gasteiger partial charge >= 0.3 is 0 Å². The minimum absolute atomic E-state index is 0.747. The minimum Gasteiger partial charge on any atom is -0.371 e. The number of aldehydes is 1. The van der Waals surface area contributed by atoms with Crippen molar-refractivity contribution in [2.75, 3.05) is 18.0 Å². The summed E-state index contributed by atoms with van der Waals surface area (Å²) in [7, 11) is 0. The highest BCUT2D eigenvalue weighted by Gasteiger charge is 2.07. The maximum absolute atomic E-state index is 10.8. The van der Waals surface area contributed by atoms with Gasteiger partial charge in [-0.2, -0.15) is 0 Å². The van der Waals surface area contributed by atoms with Crippen molar-refractivity contribution in [1.29, 1.82) is 0 Å². The van der Waals surface area contributed by atoms with E-state index >= 15 is 0 Å². The first-order valence-corrected chi connectivity index (χ1v) is 5.51. The Labute approximate surface area is 93.0 Å². The summed E-state index contributed by atoms with van der Waals surface area (Å²) in [6.45, 7) is 5.99. The van der Waals surface area contributed by atoms with Gasteiger partial charge in [0, 0.05) is 28.8 Å². The molecule has 14 heavy (non-hydrogen) atoms. The summed E-state index contributed by atoms with van der Waals surface area (Å²) in [5.74, 6) is 0. The van der Waals surface area contributed by atoms with Crippen molar-refractivity contribution in [3.63, 3.8) is 0 Å². The third kappa shape index (κ3) is 2.35. The molecule has 0 aliphatic rings. The van der Waals surface area contributed by atoms with E-state index in [9.17, 15) is 4.79 Å². The Morgan fingerprint density at radius 2 is 2.00 bits per heavy atom. The van der Waals surface area contributed by atoms with Crippen molar-refractivity contribution in [1.82, 2.24) is 0 Å². The van der Waals surface area contributed by atoms with E-state index in [0.29, 0.717) is 0 Å². The molecule has 1 aromatic carbocycles. The molecule has 0 unspecified atom stereocenters. The van der Waals surface area contributed by atoms with Crippen LogP contribution in [-0.2, 0) is 0 Å². The first kappa shape index (κ1) is 11.2. The van der Waals surface area contributed by atoms with Crippen molar-refractivity contribution in [3.8, 4) is 0 Å². The van der Waals surface area contributed by atoms with Crippen LogP contribution in [0, 0.1) is 0 Å². The largest absolute Gasteiger partial charge is 0.371 e. The maximum atomic E-state index is 10.8. The molecule has 0 fully saturated rings. The molecule has 0 N–H and O–H groups in total. The maximum Gasteiger partial charge on any atom is 0.152 e. The van der Waals surface area contributed by atoms with Crippen LogP contribution in [0.4, 0.5) is 5.69 Å². The minimum atomic E-state index is 0.747. The summed E-state index contributed by atoms with van der Waals surface area (Å²) in [6.07, 6.45) is 0.903. The monoisotopic (exact) mass is 255 g/mol. The molecule has 1 aromatic rings. The number of carbonyl (C=O) groups excluding carboxylic acids is 1. The number of carbonyl (C=O) groups is 1. The zero-order chi connectivity index (χ0) is 10.6. The SMILES string of the molecule is CCN(CC)c1cc(Br)ccc1C=O. The number of benzene rings is 1. The van der Waals surface area contributed by atoms with Gasteiger partial charge in [0.25, 0.3) is 0 Å². The molecule has 0 atom stereocenters. The van der Waals surface area contributed by atoms with Crippen molar-refractivity contribution in [2.24, 2.45) is 0 Å². The van der Waals surface area contributed by atoms with Gasteiger partial charge in [-0.3, -0.25) is 4.79 Å². The average Bonchev–Trinajstić information content (AvgIpc) is 2.20.